The van der Waals surface area contributed by atoms with E-state index in [4.69, 9.17) is 11.6 Å². The molecule has 0 aromatic carbocycles. The van der Waals surface area contributed by atoms with Crippen LogP contribution in [0.15, 0.2) is 34.7 Å². The maximum absolute atomic E-state index is 12.1. The molecule has 1 aliphatic rings. The van der Waals surface area contributed by atoms with Gasteiger partial charge in [-0.15, -0.1) is 11.3 Å². The summed E-state index contributed by atoms with van der Waals surface area (Å²) in [6.07, 6.45) is 4.77. The van der Waals surface area contributed by atoms with Crippen LogP contribution in [0.4, 0.5) is 0 Å². The molecule has 7 heteroatoms. The minimum Gasteiger partial charge on any atom is -0.298 e. The highest BCUT2D eigenvalue weighted by Gasteiger charge is 2.27. The number of halogens is 1. The average Bonchev–Trinajstić information content (AvgIpc) is 2.99. The highest BCUT2D eigenvalue weighted by atomic mass is 35.5. The third-order valence-corrected chi connectivity index (χ3v) is 6.29. The summed E-state index contributed by atoms with van der Waals surface area (Å²) in [5.41, 5.74) is 0.660. The molecule has 4 nitrogen and oxygen atoms in total. The molecule has 2 aromatic heterocycles. The van der Waals surface area contributed by atoms with Crippen molar-refractivity contribution in [3.05, 3.63) is 45.4 Å². The van der Waals surface area contributed by atoms with Crippen LogP contribution in [0.2, 0.25) is 5.02 Å². The van der Waals surface area contributed by atoms with E-state index in [1.807, 2.05) is 0 Å². The summed E-state index contributed by atoms with van der Waals surface area (Å²) in [5.74, 6) is 0.130. The van der Waals surface area contributed by atoms with E-state index < -0.39 is 9.84 Å². The van der Waals surface area contributed by atoms with E-state index >= 15 is 0 Å². The van der Waals surface area contributed by atoms with Gasteiger partial charge >= 0.3 is 0 Å². The Hall–Kier alpha value is -0.950. The van der Waals surface area contributed by atoms with Gasteiger partial charge < -0.3 is 0 Å². The predicted molar refractivity (Wildman–Crippen MR) is 93.9 cm³/mol. The SMILES string of the molecule is CS(=O)(=O)c1cc(Cl)cnc1[C@@H]1CCCN(Cc2cccs2)C1. The van der Waals surface area contributed by atoms with E-state index in [-0.39, 0.29) is 10.8 Å². The third kappa shape index (κ3) is 4.12. The fourth-order valence-corrected chi connectivity index (χ4v) is 4.99. The summed E-state index contributed by atoms with van der Waals surface area (Å²) in [4.78, 5) is 8.34. The summed E-state index contributed by atoms with van der Waals surface area (Å²) in [6, 6.07) is 5.72. The fraction of sp³-hybridized carbons (Fsp3) is 0.438. The number of sulfone groups is 1. The molecule has 0 amide bonds. The van der Waals surface area contributed by atoms with E-state index in [1.165, 1.54) is 17.2 Å². The van der Waals surface area contributed by atoms with E-state index in [0.717, 1.165) is 32.5 Å². The zero-order chi connectivity index (χ0) is 16.4. The number of aromatic nitrogens is 1. The smallest absolute Gasteiger partial charge is 0.177 e. The van der Waals surface area contributed by atoms with E-state index in [1.54, 1.807) is 17.5 Å². The van der Waals surface area contributed by atoms with Crippen LogP contribution in [0.1, 0.15) is 29.3 Å². The topological polar surface area (TPSA) is 50.3 Å². The van der Waals surface area contributed by atoms with Crippen LogP contribution in [0.25, 0.3) is 0 Å². The van der Waals surface area contributed by atoms with Crippen molar-refractivity contribution in [3.8, 4) is 0 Å². The molecule has 124 valence electrons. The Morgan fingerprint density at radius 2 is 2.30 bits per heavy atom. The first kappa shape index (κ1) is 16.9. The standard InChI is InChI=1S/C16H19ClN2O2S2/c1-23(20,21)15-8-13(17)9-18-16(15)12-4-2-6-19(10-12)11-14-5-3-7-22-14/h3,5,7-9,12H,2,4,6,10-11H2,1H3/t12-/m1/s1. The molecule has 0 spiro atoms. The number of piperidine rings is 1. The van der Waals surface area contributed by atoms with Gasteiger partial charge in [0, 0.05) is 36.3 Å². The molecule has 1 aliphatic heterocycles. The molecule has 1 saturated heterocycles. The molecule has 1 fully saturated rings. The second-order valence-electron chi connectivity index (χ2n) is 5.96. The molecular formula is C16H19ClN2O2S2. The van der Waals surface area contributed by atoms with E-state index in [2.05, 4.69) is 27.4 Å². The van der Waals surface area contributed by atoms with Crippen molar-refractivity contribution in [1.29, 1.82) is 0 Å². The van der Waals surface area contributed by atoms with Gasteiger partial charge in [-0.25, -0.2) is 8.42 Å². The monoisotopic (exact) mass is 370 g/mol. The van der Waals surface area contributed by atoms with Crippen LogP contribution < -0.4 is 0 Å². The van der Waals surface area contributed by atoms with Gasteiger partial charge in [0.05, 0.1) is 15.6 Å². The first-order valence-electron chi connectivity index (χ1n) is 7.54. The van der Waals surface area contributed by atoms with E-state index in [9.17, 15) is 8.42 Å². The quantitative estimate of drug-likeness (QED) is 0.825. The van der Waals surface area contributed by atoms with E-state index in [0.29, 0.717) is 10.7 Å². The molecule has 0 bridgehead atoms. The molecule has 2 aromatic rings. The van der Waals surface area contributed by atoms with Gasteiger partial charge in [0.15, 0.2) is 9.84 Å². The second-order valence-corrected chi connectivity index (χ2v) is 9.42. The van der Waals surface area contributed by atoms with Crippen LogP contribution in [0.3, 0.4) is 0 Å². The lowest BCUT2D eigenvalue weighted by molar-refractivity contribution is 0.199. The van der Waals surface area contributed by atoms with Crippen molar-refractivity contribution >= 4 is 32.8 Å². The van der Waals surface area contributed by atoms with Crippen molar-refractivity contribution in [2.75, 3.05) is 19.3 Å². The summed E-state index contributed by atoms with van der Waals surface area (Å²) in [5, 5.41) is 2.44. The Kier molecular flexibility index (Phi) is 5.06. The number of thiophene rings is 1. The summed E-state index contributed by atoms with van der Waals surface area (Å²) < 4.78 is 24.2. The highest BCUT2D eigenvalue weighted by Crippen LogP contribution is 2.32. The Morgan fingerprint density at radius 3 is 3.00 bits per heavy atom. The van der Waals surface area contributed by atoms with Gasteiger partial charge in [-0.1, -0.05) is 17.7 Å². The third-order valence-electron chi connectivity index (χ3n) is 4.10. The predicted octanol–water partition coefficient (Wildman–Crippen LogP) is 3.58. The number of likely N-dealkylation sites (tertiary alicyclic amines) is 1. The fourth-order valence-electron chi connectivity index (χ4n) is 3.08. The number of rotatable bonds is 4. The average molecular weight is 371 g/mol. The zero-order valence-electron chi connectivity index (χ0n) is 12.9. The highest BCUT2D eigenvalue weighted by molar-refractivity contribution is 7.90. The lowest BCUT2D eigenvalue weighted by atomic mass is 9.94. The van der Waals surface area contributed by atoms with Gasteiger partial charge in [-0.2, -0.15) is 0 Å². The van der Waals surface area contributed by atoms with Crippen LogP contribution in [-0.2, 0) is 16.4 Å². The minimum absolute atomic E-state index is 0.130. The first-order valence-corrected chi connectivity index (χ1v) is 10.7. The lowest BCUT2D eigenvalue weighted by Crippen LogP contribution is -2.34. The lowest BCUT2D eigenvalue weighted by Gasteiger charge is -2.32. The maximum atomic E-state index is 12.1. The Bertz CT molecular complexity index is 775. The van der Waals surface area contributed by atoms with Gasteiger partial charge in [-0.05, 0) is 36.9 Å². The zero-order valence-corrected chi connectivity index (χ0v) is 15.3. The molecule has 0 N–H and O–H groups in total. The molecular weight excluding hydrogens is 352 g/mol. The van der Waals surface area contributed by atoms with Gasteiger partial charge in [0.1, 0.15) is 0 Å². The molecule has 1 atom stereocenters. The van der Waals surface area contributed by atoms with Crippen LogP contribution in [0.5, 0.6) is 0 Å². The summed E-state index contributed by atoms with van der Waals surface area (Å²) in [6.45, 7) is 2.78. The first-order chi connectivity index (χ1) is 10.9. The summed E-state index contributed by atoms with van der Waals surface area (Å²) >= 11 is 7.70. The maximum Gasteiger partial charge on any atom is 0.177 e. The minimum atomic E-state index is -3.34. The van der Waals surface area contributed by atoms with Crippen LogP contribution in [-0.4, -0.2) is 37.6 Å². The van der Waals surface area contributed by atoms with Crippen molar-refractivity contribution in [3.63, 3.8) is 0 Å². The Labute approximate surface area is 146 Å². The number of pyridine rings is 1. The largest absolute Gasteiger partial charge is 0.298 e. The van der Waals surface area contributed by atoms with Gasteiger partial charge in [0.2, 0.25) is 0 Å². The van der Waals surface area contributed by atoms with Gasteiger partial charge in [-0.3, -0.25) is 9.88 Å². The van der Waals surface area contributed by atoms with Crippen LogP contribution in [0, 0.1) is 0 Å². The molecule has 0 radical (unpaired) electrons. The molecule has 3 rings (SSSR count). The van der Waals surface area contributed by atoms with Crippen molar-refractivity contribution in [1.82, 2.24) is 9.88 Å². The molecule has 0 saturated carbocycles. The second kappa shape index (κ2) is 6.89. The van der Waals surface area contributed by atoms with Gasteiger partial charge in [0.25, 0.3) is 0 Å². The Balaban J connectivity index is 1.84. The molecule has 3 heterocycles. The number of hydrogen-bond donors (Lipinski definition) is 0. The molecule has 0 unspecified atom stereocenters. The van der Waals surface area contributed by atoms with Crippen molar-refractivity contribution < 1.29 is 8.42 Å². The summed E-state index contributed by atoms with van der Waals surface area (Å²) in [7, 11) is -3.34. The Morgan fingerprint density at radius 1 is 1.48 bits per heavy atom. The number of nitrogens with zero attached hydrogens (tertiary/aromatic N) is 2. The van der Waals surface area contributed by atoms with Crippen molar-refractivity contribution in [2.24, 2.45) is 0 Å². The number of hydrogen-bond acceptors (Lipinski definition) is 5. The molecule has 0 aliphatic carbocycles. The molecule has 23 heavy (non-hydrogen) atoms. The van der Waals surface area contributed by atoms with Crippen molar-refractivity contribution in [2.45, 2.75) is 30.2 Å². The normalized spacial score (nSPS) is 19.8. The van der Waals surface area contributed by atoms with Crippen LogP contribution >= 0.6 is 22.9 Å².